The fourth-order valence-electron chi connectivity index (χ4n) is 2.15. The maximum atomic E-state index is 12.4. The summed E-state index contributed by atoms with van der Waals surface area (Å²) in [6, 6.07) is 10.5. The van der Waals surface area contributed by atoms with Crippen molar-refractivity contribution in [1.29, 1.82) is 0 Å². The minimum Gasteiger partial charge on any atom is -0.485 e. The van der Waals surface area contributed by atoms with Crippen LogP contribution in [0.1, 0.15) is 36.7 Å². The number of benzene rings is 2. The standard InChI is InChI=1S/C19H21Cl2NO3/c1-19(2,3)25-17-15(20)9-13(10-16(17)21)18(23)22-14-7-5-12(6-8-14)11-24-4/h5-10H,11H2,1-4H3,(H,22,23). The molecular weight excluding hydrogens is 361 g/mol. The number of nitrogens with one attached hydrogen (secondary N) is 1. The molecule has 0 atom stereocenters. The van der Waals surface area contributed by atoms with Crippen molar-refractivity contribution in [2.24, 2.45) is 0 Å². The first-order valence-electron chi connectivity index (χ1n) is 7.77. The molecule has 4 nitrogen and oxygen atoms in total. The van der Waals surface area contributed by atoms with Crippen LogP contribution in [0.5, 0.6) is 5.75 Å². The lowest BCUT2D eigenvalue weighted by molar-refractivity contribution is 0.102. The molecule has 6 heteroatoms. The van der Waals surface area contributed by atoms with E-state index in [0.717, 1.165) is 5.56 Å². The Labute approximate surface area is 158 Å². The lowest BCUT2D eigenvalue weighted by atomic mass is 10.1. The van der Waals surface area contributed by atoms with Gasteiger partial charge in [-0.15, -0.1) is 0 Å². The molecule has 2 aromatic rings. The van der Waals surface area contributed by atoms with Crippen molar-refractivity contribution in [3.05, 3.63) is 57.6 Å². The zero-order valence-electron chi connectivity index (χ0n) is 14.7. The molecule has 1 amide bonds. The van der Waals surface area contributed by atoms with E-state index in [-0.39, 0.29) is 5.91 Å². The van der Waals surface area contributed by atoms with Crippen molar-refractivity contribution in [2.45, 2.75) is 33.0 Å². The van der Waals surface area contributed by atoms with Gasteiger partial charge in [0.25, 0.3) is 5.91 Å². The van der Waals surface area contributed by atoms with Crippen LogP contribution in [0.15, 0.2) is 36.4 Å². The van der Waals surface area contributed by atoms with Crippen molar-refractivity contribution in [3.8, 4) is 5.75 Å². The number of methoxy groups -OCH3 is 1. The molecule has 0 saturated heterocycles. The third-order valence-electron chi connectivity index (χ3n) is 3.19. The molecule has 0 bridgehead atoms. The van der Waals surface area contributed by atoms with E-state index in [1.165, 1.54) is 0 Å². The molecule has 0 saturated carbocycles. The van der Waals surface area contributed by atoms with Gasteiger partial charge in [-0.1, -0.05) is 35.3 Å². The number of rotatable bonds is 5. The highest BCUT2D eigenvalue weighted by Crippen LogP contribution is 2.36. The van der Waals surface area contributed by atoms with E-state index in [2.05, 4.69) is 5.32 Å². The van der Waals surface area contributed by atoms with Gasteiger partial charge in [0, 0.05) is 18.4 Å². The molecule has 134 valence electrons. The monoisotopic (exact) mass is 381 g/mol. The van der Waals surface area contributed by atoms with Crippen LogP contribution >= 0.6 is 23.2 Å². The van der Waals surface area contributed by atoms with Gasteiger partial charge in [-0.25, -0.2) is 0 Å². The third kappa shape index (κ3) is 5.63. The highest BCUT2D eigenvalue weighted by atomic mass is 35.5. The molecule has 0 heterocycles. The number of anilines is 1. The van der Waals surface area contributed by atoms with Gasteiger partial charge < -0.3 is 14.8 Å². The van der Waals surface area contributed by atoms with Crippen LogP contribution in [0.3, 0.4) is 0 Å². The van der Waals surface area contributed by atoms with Gasteiger partial charge in [0.2, 0.25) is 0 Å². The van der Waals surface area contributed by atoms with Crippen LogP contribution < -0.4 is 10.1 Å². The van der Waals surface area contributed by atoms with Gasteiger partial charge in [0.1, 0.15) is 5.60 Å². The fourth-order valence-corrected chi connectivity index (χ4v) is 2.71. The fraction of sp³-hybridized carbons (Fsp3) is 0.316. The smallest absolute Gasteiger partial charge is 0.255 e. The second kappa shape index (κ2) is 8.09. The molecule has 2 rings (SSSR count). The zero-order chi connectivity index (χ0) is 18.6. The summed E-state index contributed by atoms with van der Waals surface area (Å²) >= 11 is 12.5. The van der Waals surface area contributed by atoms with Gasteiger partial charge in [-0.3, -0.25) is 4.79 Å². The van der Waals surface area contributed by atoms with Crippen molar-refractivity contribution >= 4 is 34.8 Å². The first kappa shape index (κ1) is 19.6. The molecule has 2 aromatic carbocycles. The predicted octanol–water partition coefficient (Wildman–Crippen LogP) is 5.57. The van der Waals surface area contributed by atoms with Crippen LogP contribution in [0, 0.1) is 0 Å². The largest absolute Gasteiger partial charge is 0.485 e. The van der Waals surface area contributed by atoms with Crippen LogP contribution in [0.2, 0.25) is 10.0 Å². The summed E-state index contributed by atoms with van der Waals surface area (Å²) < 4.78 is 10.8. The summed E-state index contributed by atoms with van der Waals surface area (Å²) in [5.74, 6) is 0.0712. The quantitative estimate of drug-likeness (QED) is 0.736. The third-order valence-corrected chi connectivity index (χ3v) is 3.75. The number of carbonyl (C=O) groups excluding carboxylic acids is 1. The summed E-state index contributed by atoms with van der Waals surface area (Å²) in [6.07, 6.45) is 0. The number of amides is 1. The van der Waals surface area contributed by atoms with Crippen LogP contribution in [0.25, 0.3) is 0 Å². The Morgan fingerprint density at radius 1 is 1.08 bits per heavy atom. The Morgan fingerprint density at radius 2 is 1.64 bits per heavy atom. The normalized spacial score (nSPS) is 11.3. The number of ether oxygens (including phenoxy) is 2. The number of hydrogen-bond acceptors (Lipinski definition) is 3. The summed E-state index contributed by atoms with van der Waals surface area (Å²) in [5, 5.41) is 3.40. The lowest BCUT2D eigenvalue weighted by Crippen LogP contribution is -2.23. The number of carbonyl (C=O) groups is 1. The highest BCUT2D eigenvalue weighted by Gasteiger charge is 2.19. The number of halogens is 2. The van der Waals surface area contributed by atoms with Crippen LogP contribution in [0.4, 0.5) is 5.69 Å². The summed E-state index contributed by atoms with van der Waals surface area (Å²) in [4.78, 5) is 12.4. The average Bonchev–Trinajstić information content (AvgIpc) is 2.52. The maximum absolute atomic E-state index is 12.4. The molecule has 0 spiro atoms. The molecule has 0 fully saturated rings. The SMILES string of the molecule is COCc1ccc(NC(=O)c2cc(Cl)c(OC(C)(C)C)c(Cl)c2)cc1. The average molecular weight is 382 g/mol. The van der Waals surface area contributed by atoms with Crippen LogP contribution in [-0.4, -0.2) is 18.6 Å². The molecular formula is C19H21Cl2NO3. The Morgan fingerprint density at radius 3 is 2.12 bits per heavy atom. The summed E-state index contributed by atoms with van der Waals surface area (Å²) in [7, 11) is 1.64. The first-order chi connectivity index (χ1) is 11.7. The van der Waals surface area contributed by atoms with Crippen molar-refractivity contribution < 1.29 is 14.3 Å². The van der Waals surface area contributed by atoms with Gasteiger partial charge in [0.05, 0.1) is 16.7 Å². The molecule has 0 aliphatic heterocycles. The summed E-state index contributed by atoms with van der Waals surface area (Å²) in [6.45, 7) is 6.21. The van der Waals surface area contributed by atoms with E-state index in [9.17, 15) is 4.79 Å². The Hall–Kier alpha value is -1.75. The zero-order valence-corrected chi connectivity index (χ0v) is 16.2. The Bertz CT molecular complexity index is 729. The lowest BCUT2D eigenvalue weighted by Gasteiger charge is -2.23. The molecule has 25 heavy (non-hydrogen) atoms. The summed E-state index contributed by atoms with van der Waals surface area (Å²) in [5.41, 5.74) is 1.61. The number of hydrogen-bond donors (Lipinski definition) is 1. The Balaban J connectivity index is 2.16. The molecule has 0 aromatic heterocycles. The molecule has 0 aliphatic rings. The van der Waals surface area contributed by atoms with Gasteiger partial charge in [-0.2, -0.15) is 0 Å². The van der Waals surface area contributed by atoms with Gasteiger partial charge in [0.15, 0.2) is 5.75 Å². The maximum Gasteiger partial charge on any atom is 0.255 e. The van der Waals surface area contributed by atoms with Crippen molar-refractivity contribution in [2.75, 3.05) is 12.4 Å². The molecule has 0 unspecified atom stereocenters. The van der Waals surface area contributed by atoms with E-state index in [0.29, 0.717) is 33.7 Å². The van der Waals surface area contributed by atoms with E-state index in [1.807, 2.05) is 45.0 Å². The van der Waals surface area contributed by atoms with E-state index in [4.69, 9.17) is 32.7 Å². The van der Waals surface area contributed by atoms with E-state index < -0.39 is 5.60 Å². The second-order valence-electron chi connectivity index (χ2n) is 6.57. The first-order valence-corrected chi connectivity index (χ1v) is 8.52. The van der Waals surface area contributed by atoms with Gasteiger partial charge in [-0.05, 0) is 50.6 Å². The minimum absolute atomic E-state index is 0.294. The van der Waals surface area contributed by atoms with Crippen molar-refractivity contribution in [3.63, 3.8) is 0 Å². The molecule has 1 N–H and O–H groups in total. The van der Waals surface area contributed by atoms with E-state index >= 15 is 0 Å². The van der Waals surface area contributed by atoms with E-state index in [1.54, 1.807) is 19.2 Å². The second-order valence-corrected chi connectivity index (χ2v) is 7.38. The predicted molar refractivity (Wildman–Crippen MR) is 102 cm³/mol. The van der Waals surface area contributed by atoms with Crippen molar-refractivity contribution in [1.82, 2.24) is 0 Å². The molecule has 0 aliphatic carbocycles. The highest BCUT2D eigenvalue weighted by molar-refractivity contribution is 6.37. The van der Waals surface area contributed by atoms with Crippen LogP contribution in [-0.2, 0) is 11.3 Å². The minimum atomic E-state index is -0.443. The van der Waals surface area contributed by atoms with Gasteiger partial charge >= 0.3 is 0 Å². The topological polar surface area (TPSA) is 47.6 Å². The molecule has 0 radical (unpaired) electrons. The Kier molecular flexibility index (Phi) is 6.33.